The third-order valence-corrected chi connectivity index (χ3v) is 2.73. The van der Waals surface area contributed by atoms with Crippen molar-refractivity contribution >= 4 is 27.5 Å². The predicted molar refractivity (Wildman–Crippen MR) is 51.7 cm³/mol. The van der Waals surface area contributed by atoms with E-state index in [0.717, 1.165) is 0 Å². The molecule has 0 radical (unpaired) electrons. The first-order valence-electron chi connectivity index (χ1n) is 3.42. The standard InChI is InChI=1S/C8H8BrClFN/c1-4(12)5-2-6(9)7(10)3-8(5)11/h2-4H,12H2,1H3. The highest BCUT2D eigenvalue weighted by Gasteiger charge is 2.09. The van der Waals surface area contributed by atoms with Crippen LogP contribution in [0.1, 0.15) is 18.5 Å². The van der Waals surface area contributed by atoms with E-state index in [4.69, 9.17) is 17.3 Å². The van der Waals surface area contributed by atoms with Gasteiger partial charge in [-0.1, -0.05) is 11.6 Å². The molecule has 12 heavy (non-hydrogen) atoms. The first-order valence-corrected chi connectivity index (χ1v) is 4.59. The zero-order chi connectivity index (χ0) is 9.30. The van der Waals surface area contributed by atoms with Gasteiger partial charge in [-0.2, -0.15) is 0 Å². The molecule has 1 aromatic carbocycles. The van der Waals surface area contributed by atoms with Crippen molar-refractivity contribution in [1.29, 1.82) is 0 Å². The van der Waals surface area contributed by atoms with Gasteiger partial charge < -0.3 is 5.73 Å². The van der Waals surface area contributed by atoms with Crippen LogP contribution in [0.5, 0.6) is 0 Å². The monoisotopic (exact) mass is 251 g/mol. The Morgan fingerprint density at radius 3 is 2.67 bits per heavy atom. The maximum Gasteiger partial charge on any atom is 0.129 e. The molecule has 0 amide bonds. The van der Waals surface area contributed by atoms with E-state index in [1.54, 1.807) is 13.0 Å². The molecule has 0 saturated carbocycles. The largest absolute Gasteiger partial charge is 0.324 e. The lowest BCUT2D eigenvalue weighted by atomic mass is 10.1. The number of hydrogen-bond acceptors (Lipinski definition) is 1. The minimum absolute atomic E-state index is 0.321. The van der Waals surface area contributed by atoms with E-state index in [9.17, 15) is 4.39 Å². The molecule has 66 valence electrons. The molecule has 0 spiro atoms. The lowest BCUT2D eigenvalue weighted by Crippen LogP contribution is -2.07. The first-order chi connectivity index (χ1) is 5.52. The van der Waals surface area contributed by atoms with Gasteiger partial charge in [0.1, 0.15) is 5.82 Å². The van der Waals surface area contributed by atoms with Gasteiger partial charge in [0.15, 0.2) is 0 Å². The minimum Gasteiger partial charge on any atom is -0.324 e. The smallest absolute Gasteiger partial charge is 0.129 e. The maximum atomic E-state index is 13.1. The molecule has 0 aliphatic carbocycles. The third kappa shape index (κ3) is 1.97. The van der Waals surface area contributed by atoms with Crippen LogP contribution in [0.25, 0.3) is 0 Å². The zero-order valence-electron chi connectivity index (χ0n) is 6.44. The Morgan fingerprint density at radius 2 is 2.17 bits per heavy atom. The van der Waals surface area contributed by atoms with Crippen molar-refractivity contribution in [2.24, 2.45) is 5.73 Å². The summed E-state index contributed by atoms with van der Waals surface area (Å²) in [5, 5.41) is 0.358. The molecule has 0 heterocycles. The molecule has 2 N–H and O–H groups in total. The van der Waals surface area contributed by atoms with Gasteiger partial charge in [-0.25, -0.2) is 4.39 Å². The van der Waals surface area contributed by atoms with Crippen LogP contribution in [0.15, 0.2) is 16.6 Å². The van der Waals surface area contributed by atoms with Crippen LogP contribution in [0.4, 0.5) is 4.39 Å². The van der Waals surface area contributed by atoms with Crippen molar-refractivity contribution in [3.63, 3.8) is 0 Å². The molecule has 0 saturated heterocycles. The first kappa shape index (κ1) is 9.96. The van der Waals surface area contributed by atoms with E-state index in [-0.39, 0.29) is 11.9 Å². The quantitative estimate of drug-likeness (QED) is 0.763. The van der Waals surface area contributed by atoms with Crippen molar-refractivity contribution < 1.29 is 4.39 Å². The van der Waals surface area contributed by atoms with Crippen LogP contribution in [0.2, 0.25) is 5.02 Å². The van der Waals surface area contributed by atoms with Crippen molar-refractivity contribution in [2.45, 2.75) is 13.0 Å². The van der Waals surface area contributed by atoms with Crippen LogP contribution < -0.4 is 5.73 Å². The fourth-order valence-corrected chi connectivity index (χ4v) is 1.40. The second-order valence-corrected chi connectivity index (χ2v) is 3.84. The normalized spacial score (nSPS) is 13.1. The van der Waals surface area contributed by atoms with Gasteiger partial charge in [0, 0.05) is 16.1 Å². The molecule has 1 unspecified atom stereocenters. The second-order valence-electron chi connectivity index (χ2n) is 2.58. The topological polar surface area (TPSA) is 26.0 Å². The van der Waals surface area contributed by atoms with E-state index in [1.165, 1.54) is 6.07 Å². The summed E-state index contributed by atoms with van der Waals surface area (Å²) in [4.78, 5) is 0. The Morgan fingerprint density at radius 1 is 1.58 bits per heavy atom. The summed E-state index contributed by atoms with van der Waals surface area (Å²) < 4.78 is 13.8. The van der Waals surface area contributed by atoms with Crippen LogP contribution in [-0.4, -0.2) is 0 Å². The van der Waals surface area contributed by atoms with E-state index in [2.05, 4.69) is 15.9 Å². The molecule has 0 bridgehead atoms. The molecule has 1 atom stereocenters. The Labute approximate surface area is 83.8 Å². The molecule has 1 aromatic rings. The fraction of sp³-hybridized carbons (Fsp3) is 0.250. The predicted octanol–water partition coefficient (Wildman–Crippen LogP) is 3.26. The lowest BCUT2D eigenvalue weighted by molar-refractivity contribution is 0.593. The maximum absolute atomic E-state index is 13.1. The van der Waals surface area contributed by atoms with Crippen LogP contribution in [0, 0.1) is 5.82 Å². The average molecular weight is 253 g/mol. The van der Waals surface area contributed by atoms with E-state index < -0.39 is 0 Å². The van der Waals surface area contributed by atoms with Gasteiger partial charge >= 0.3 is 0 Å². The molecule has 0 fully saturated rings. The Bertz CT molecular complexity index is 301. The Hall–Kier alpha value is -0.120. The fourth-order valence-electron chi connectivity index (χ4n) is 0.887. The molecule has 0 aliphatic heterocycles. The van der Waals surface area contributed by atoms with Gasteiger partial charge in [-0.15, -0.1) is 0 Å². The SMILES string of the molecule is CC(N)c1cc(Br)c(Cl)cc1F. The van der Waals surface area contributed by atoms with Crippen molar-refractivity contribution in [3.8, 4) is 0 Å². The lowest BCUT2D eigenvalue weighted by Gasteiger charge is -2.08. The van der Waals surface area contributed by atoms with Crippen molar-refractivity contribution in [1.82, 2.24) is 0 Å². The van der Waals surface area contributed by atoms with Gasteiger partial charge in [-0.05, 0) is 35.0 Å². The summed E-state index contributed by atoms with van der Waals surface area (Å²) >= 11 is 8.86. The summed E-state index contributed by atoms with van der Waals surface area (Å²) in [5.41, 5.74) is 5.99. The molecule has 0 aromatic heterocycles. The summed E-state index contributed by atoms with van der Waals surface area (Å²) in [6.07, 6.45) is 0. The molecule has 4 heteroatoms. The van der Waals surface area contributed by atoms with Crippen LogP contribution in [0.3, 0.4) is 0 Å². The molecule has 1 rings (SSSR count). The molecular formula is C8H8BrClFN. The van der Waals surface area contributed by atoms with Gasteiger partial charge in [0.05, 0.1) is 5.02 Å². The number of hydrogen-bond donors (Lipinski definition) is 1. The van der Waals surface area contributed by atoms with Crippen molar-refractivity contribution in [3.05, 3.63) is 33.0 Å². The average Bonchev–Trinajstić information content (AvgIpc) is 1.96. The number of benzene rings is 1. The number of rotatable bonds is 1. The number of nitrogens with two attached hydrogens (primary N) is 1. The highest BCUT2D eigenvalue weighted by atomic mass is 79.9. The molecule has 1 nitrogen and oxygen atoms in total. The number of halogens is 3. The summed E-state index contributed by atoms with van der Waals surface area (Å²) in [6, 6.07) is 2.53. The molecule has 0 aliphatic rings. The Kier molecular flexibility index (Phi) is 3.09. The third-order valence-electron chi connectivity index (χ3n) is 1.53. The minimum atomic E-state index is -0.363. The van der Waals surface area contributed by atoms with E-state index >= 15 is 0 Å². The van der Waals surface area contributed by atoms with Crippen molar-refractivity contribution in [2.75, 3.05) is 0 Å². The van der Waals surface area contributed by atoms with Gasteiger partial charge in [0.25, 0.3) is 0 Å². The van der Waals surface area contributed by atoms with E-state index in [1.807, 2.05) is 0 Å². The highest BCUT2D eigenvalue weighted by Crippen LogP contribution is 2.27. The zero-order valence-corrected chi connectivity index (χ0v) is 8.79. The van der Waals surface area contributed by atoms with Crippen LogP contribution in [-0.2, 0) is 0 Å². The highest BCUT2D eigenvalue weighted by molar-refractivity contribution is 9.10. The van der Waals surface area contributed by atoms with E-state index in [0.29, 0.717) is 15.1 Å². The van der Waals surface area contributed by atoms with Gasteiger partial charge in [0.2, 0.25) is 0 Å². The molecular weight excluding hydrogens is 244 g/mol. The summed E-state index contributed by atoms with van der Waals surface area (Å²) in [7, 11) is 0. The second kappa shape index (κ2) is 3.73. The summed E-state index contributed by atoms with van der Waals surface area (Å²) in [6.45, 7) is 1.72. The summed E-state index contributed by atoms with van der Waals surface area (Å²) in [5.74, 6) is -0.363. The van der Waals surface area contributed by atoms with Crippen LogP contribution >= 0.6 is 27.5 Å². The Balaban J connectivity index is 3.23. The van der Waals surface area contributed by atoms with Gasteiger partial charge in [-0.3, -0.25) is 0 Å².